The molecule has 3 heterocycles. The third-order valence-electron chi connectivity index (χ3n) is 8.58. The van der Waals surface area contributed by atoms with E-state index in [1.54, 1.807) is 45.0 Å². The van der Waals surface area contributed by atoms with Gasteiger partial charge in [-0.1, -0.05) is 12.1 Å². The molecule has 0 spiro atoms. The van der Waals surface area contributed by atoms with Crippen molar-refractivity contribution in [1.29, 1.82) is 0 Å². The molecule has 1 aromatic rings. The zero-order valence-corrected chi connectivity index (χ0v) is 25.6. The van der Waals surface area contributed by atoms with Crippen LogP contribution in [-0.4, -0.2) is 117 Å². The predicted molar refractivity (Wildman–Crippen MR) is 156 cm³/mol. The lowest BCUT2D eigenvalue weighted by Crippen LogP contribution is -2.50. The van der Waals surface area contributed by atoms with E-state index in [4.69, 9.17) is 14.2 Å². The van der Waals surface area contributed by atoms with Crippen LogP contribution in [0.5, 0.6) is 5.75 Å². The standard InChI is InChI=1S/C31H44N4O8/c1-20(32-27(37)18-35-11-13-42-14-12-35)26(36)17-23(15-21-5-7-24(41-4)8-6-21)29(39)33-25(28(38)31(2)19-43-31)16-22-9-10-34(3)30(22)40/h5-8,20,22-23,25H,9-19H2,1-4H3,(H,32,37)(H,33,39)/t20-,22+,23+,25-,31+/m0/s1. The van der Waals surface area contributed by atoms with Crippen molar-refractivity contribution in [2.24, 2.45) is 11.8 Å². The summed E-state index contributed by atoms with van der Waals surface area (Å²) in [4.78, 5) is 69.4. The molecule has 12 nitrogen and oxygen atoms in total. The Balaban J connectivity index is 1.46. The summed E-state index contributed by atoms with van der Waals surface area (Å²) >= 11 is 0. The van der Waals surface area contributed by atoms with Crippen LogP contribution in [0.2, 0.25) is 0 Å². The minimum atomic E-state index is -0.994. The fourth-order valence-electron chi connectivity index (χ4n) is 5.59. The van der Waals surface area contributed by atoms with Crippen LogP contribution in [0.15, 0.2) is 24.3 Å². The Labute approximate surface area is 252 Å². The van der Waals surface area contributed by atoms with Crippen molar-refractivity contribution in [3.8, 4) is 5.75 Å². The molecule has 236 valence electrons. The van der Waals surface area contributed by atoms with E-state index < -0.39 is 29.5 Å². The second kappa shape index (κ2) is 14.4. The molecule has 1 aromatic carbocycles. The number of rotatable bonds is 15. The lowest BCUT2D eigenvalue weighted by molar-refractivity contribution is -0.136. The number of hydrogen-bond acceptors (Lipinski definition) is 9. The number of nitrogens with zero attached hydrogens (tertiary/aromatic N) is 2. The molecule has 0 aliphatic carbocycles. The topological polar surface area (TPSA) is 147 Å². The molecule has 2 N–H and O–H groups in total. The Morgan fingerprint density at radius 1 is 1.09 bits per heavy atom. The van der Waals surface area contributed by atoms with Gasteiger partial charge in [0, 0.05) is 44.9 Å². The van der Waals surface area contributed by atoms with Crippen LogP contribution in [0.3, 0.4) is 0 Å². The first kappa shape index (κ1) is 32.6. The number of benzene rings is 1. The van der Waals surface area contributed by atoms with Crippen LogP contribution in [0.25, 0.3) is 0 Å². The van der Waals surface area contributed by atoms with Crippen LogP contribution in [0, 0.1) is 11.8 Å². The normalized spacial score (nSPS) is 24.1. The smallest absolute Gasteiger partial charge is 0.234 e. The molecule has 0 aromatic heterocycles. The molecule has 3 amide bonds. The van der Waals surface area contributed by atoms with Gasteiger partial charge in [-0.05, 0) is 50.8 Å². The molecule has 5 atom stereocenters. The lowest BCUT2D eigenvalue weighted by Gasteiger charge is -2.27. The second-order valence-electron chi connectivity index (χ2n) is 12.0. The number of epoxide rings is 1. The van der Waals surface area contributed by atoms with Gasteiger partial charge in [-0.3, -0.25) is 28.9 Å². The minimum Gasteiger partial charge on any atom is -0.497 e. The molecule has 3 saturated heterocycles. The summed E-state index contributed by atoms with van der Waals surface area (Å²) in [5.74, 6) is -1.90. The summed E-state index contributed by atoms with van der Waals surface area (Å²) in [7, 11) is 3.28. The Morgan fingerprint density at radius 3 is 2.35 bits per heavy atom. The Morgan fingerprint density at radius 2 is 1.77 bits per heavy atom. The van der Waals surface area contributed by atoms with Crippen molar-refractivity contribution in [2.75, 3.05) is 60.2 Å². The van der Waals surface area contributed by atoms with E-state index in [0.29, 0.717) is 45.0 Å². The van der Waals surface area contributed by atoms with Crippen molar-refractivity contribution >= 4 is 29.3 Å². The molecule has 0 radical (unpaired) electrons. The van der Waals surface area contributed by atoms with E-state index in [1.165, 1.54) is 0 Å². The van der Waals surface area contributed by atoms with Crippen molar-refractivity contribution in [3.63, 3.8) is 0 Å². The third kappa shape index (κ3) is 8.84. The van der Waals surface area contributed by atoms with Gasteiger partial charge in [-0.2, -0.15) is 0 Å². The van der Waals surface area contributed by atoms with Crippen molar-refractivity contribution in [1.82, 2.24) is 20.4 Å². The van der Waals surface area contributed by atoms with Gasteiger partial charge < -0.3 is 29.7 Å². The van der Waals surface area contributed by atoms with Gasteiger partial charge in [-0.15, -0.1) is 0 Å². The number of ketones is 2. The maximum atomic E-state index is 13.8. The summed E-state index contributed by atoms with van der Waals surface area (Å²) < 4.78 is 15.9. The highest BCUT2D eigenvalue weighted by Crippen LogP contribution is 2.31. The van der Waals surface area contributed by atoms with Crippen LogP contribution >= 0.6 is 0 Å². The molecule has 3 fully saturated rings. The number of likely N-dealkylation sites (tertiary alicyclic amines) is 1. The summed E-state index contributed by atoms with van der Waals surface area (Å²) in [6.07, 6.45) is 0.859. The molecule has 12 heteroatoms. The average molecular weight is 601 g/mol. The Hall–Kier alpha value is -3.35. The zero-order chi connectivity index (χ0) is 31.1. The van der Waals surface area contributed by atoms with Crippen LogP contribution in [0.4, 0.5) is 0 Å². The first-order valence-corrected chi connectivity index (χ1v) is 15.0. The number of Topliss-reactive ketones (excluding diaryl/α,β-unsaturated/α-hetero) is 2. The van der Waals surface area contributed by atoms with E-state index in [0.717, 1.165) is 5.56 Å². The summed E-state index contributed by atoms with van der Waals surface area (Å²) in [5, 5.41) is 5.65. The first-order chi connectivity index (χ1) is 20.5. The number of hydrogen-bond donors (Lipinski definition) is 2. The molecule has 3 aliphatic heterocycles. The fourth-order valence-corrected chi connectivity index (χ4v) is 5.59. The van der Waals surface area contributed by atoms with Gasteiger partial charge in [0.2, 0.25) is 17.7 Å². The van der Waals surface area contributed by atoms with E-state index >= 15 is 0 Å². The lowest BCUT2D eigenvalue weighted by atomic mass is 9.88. The number of carbonyl (C=O) groups excluding carboxylic acids is 5. The molecule has 0 unspecified atom stereocenters. The van der Waals surface area contributed by atoms with Crippen molar-refractivity contribution in [2.45, 2.75) is 57.2 Å². The van der Waals surface area contributed by atoms with Gasteiger partial charge in [0.1, 0.15) is 11.4 Å². The highest BCUT2D eigenvalue weighted by Gasteiger charge is 2.51. The van der Waals surface area contributed by atoms with E-state index in [-0.39, 0.29) is 61.7 Å². The maximum Gasteiger partial charge on any atom is 0.234 e. The van der Waals surface area contributed by atoms with Crippen LogP contribution < -0.4 is 15.4 Å². The Kier molecular flexibility index (Phi) is 10.9. The van der Waals surface area contributed by atoms with Gasteiger partial charge in [-0.25, -0.2) is 0 Å². The molecule has 43 heavy (non-hydrogen) atoms. The third-order valence-corrected chi connectivity index (χ3v) is 8.58. The SMILES string of the molecule is COc1ccc(C[C@H](CC(=O)[C@H](C)NC(=O)CN2CCOCC2)C(=O)N[C@@H](C[C@H]2CCN(C)C2=O)C(=O)[C@@]2(C)CO2)cc1. The Bertz CT molecular complexity index is 1180. The molecular formula is C31H44N4O8. The number of methoxy groups -OCH3 is 1. The van der Waals surface area contributed by atoms with Gasteiger partial charge >= 0.3 is 0 Å². The highest BCUT2D eigenvalue weighted by atomic mass is 16.6. The van der Waals surface area contributed by atoms with Gasteiger partial charge in [0.25, 0.3) is 0 Å². The predicted octanol–water partition coefficient (Wildman–Crippen LogP) is 0.361. The summed E-state index contributed by atoms with van der Waals surface area (Å²) in [5.41, 5.74) is -0.183. The molecule has 4 rings (SSSR count). The number of morpholine rings is 1. The fraction of sp³-hybridized carbons (Fsp3) is 0.645. The zero-order valence-electron chi connectivity index (χ0n) is 25.6. The second-order valence-corrected chi connectivity index (χ2v) is 12.0. The average Bonchev–Trinajstić information content (AvgIpc) is 3.68. The van der Waals surface area contributed by atoms with Crippen molar-refractivity contribution < 1.29 is 38.2 Å². The number of carbonyl (C=O) groups is 5. The maximum absolute atomic E-state index is 13.8. The van der Waals surface area contributed by atoms with E-state index in [9.17, 15) is 24.0 Å². The first-order valence-electron chi connectivity index (χ1n) is 15.0. The van der Waals surface area contributed by atoms with Gasteiger partial charge in [0.15, 0.2) is 11.6 Å². The van der Waals surface area contributed by atoms with Gasteiger partial charge in [0.05, 0.1) is 45.6 Å². The van der Waals surface area contributed by atoms with Crippen LogP contribution in [0.1, 0.15) is 38.7 Å². The highest BCUT2D eigenvalue weighted by molar-refractivity contribution is 5.98. The number of amides is 3. The van der Waals surface area contributed by atoms with Crippen molar-refractivity contribution in [3.05, 3.63) is 29.8 Å². The summed E-state index contributed by atoms with van der Waals surface area (Å²) in [6.45, 7) is 6.71. The molecule has 0 bridgehead atoms. The van der Waals surface area contributed by atoms with Crippen LogP contribution in [-0.2, 0) is 39.9 Å². The number of ether oxygens (including phenoxy) is 3. The monoisotopic (exact) mass is 600 g/mol. The quantitative estimate of drug-likeness (QED) is 0.273. The number of nitrogens with one attached hydrogen (secondary N) is 2. The minimum absolute atomic E-state index is 0.0551. The largest absolute Gasteiger partial charge is 0.497 e. The van der Waals surface area contributed by atoms with E-state index in [2.05, 4.69) is 10.6 Å². The summed E-state index contributed by atoms with van der Waals surface area (Å²) in [6, 6.07) is 5.47. The molecular weight excluding hydrogens is 556 g/mol. The molecule has 0 saturated carbocycles. The van der Waals surface area contributed by atoms with E-state index in [1.807, 2.05) is 17.0 Å². The molecule has 3 aliphatic rings.